The summed E-state index contributed by atoms with van der Waals surface area (Å²) in [5, 5.41) is 0. The van der Waals surface area contributed by atoms with Gasteiger partial charge in [-0.2, -0.15) is 0 Å². The maximum Gasteiger partial charge on any atom is 0.302 e. The summed E-state index contributed by atoms with van der Waals surface area (Å²) < 4.78 is 15.0. The van der Waals surface area contributed by atoms with E-state index < -0.39 is 0 Å². The summed E-state index contributed by atoms with van der Waals surface area (Å²) in [4.78, 5) is 21.2. The third-order valence-corrected chi connectivity index (χ3v) is 1.92. The monoisotopic (exact) mass is 202 g/mol. The molecule has 1 aliphatic heterocycles. The first-order chi connectivity index (χ1) is 6.59. The van der Waals surface area contributed by atoms with Crippen molar-refractivity contribution in [3.8, 4) is 0 Å². The summed E-state index contributed by atoms with van der Waals surface area (Å²) in [5.41, 5.74) is 0. The van der Waals surface area contributed by atoms with Crippen LogP contribution in [0.4, 0.5) is 0 Å². The number of hydrogen-bond acceptors (Lipinski definition) is 5. The SMILES string of the molecule is CC(=O)OCC1OCCC1OC(C)=O. The van der Waals surface area contributed by atoms with Gasteiger partial charge in [0.1, 0.15) is 18.8 Å². The van der Waals surface area contributed by atoms with E-state index in [0.29, 0.717) is 13.0 Å². The fourth-order valence-electron chi connectivity index (χ4n) is 1.33. The second-order valence-electron chi connectivity index (χ2n) is 3.15. The van der Waals surface area contributed by atoms with E-state index in [1.54, 1.807) is 0 Å². The molecule has 0 N–H and O–H groups in total. The molecule has 1 aliphatic rings. The first-order valence-corrected chi connectivity index (χ1v) is 4.52. The molecule has 14 heavy (non-hydrogen) atoms. The molecule has 0 saturated carbocycles. The molecule has 0 aromatic rings. The highest BCUT2D eigenvalue weighted by molar-refractivity contribution is 5.66. The molecule has 2 unspecified atom stereocenters. The minimum Gasteiger partial charge on any atom is -0.463 e. The first-order valence-electron chi connectivity index (χ1n) is 4.52. The van der Waals surface area contributed by atoms with Crippen LogP contribution in [-0.4, -0.2) is 37.4 Å². The maximum atomic E-state index is 10.7. The molecule has 0 spiro atoms. The normalized spacial score (nSPS) is 25.9. The third-order valence-electron chi connectivity index (χ3n) is 1.92. The van der Waals surface area contributed by atoms with E-state index in [-0.39, 0.29) is 30.8 Å². The van der Waals surface area contributed by atoms with Gasteiger partial charge in [0, 0.05) is 20.3 Å². The number of ether oxygens (including phenoxy) is 3. The molecule has 0 aromatic heterocycles. The van der Waals surface area contributed by atoms with Gasteiger partial charge in [0.15, 0.2) is 0 Å². The van der Waals surface area contributed by atoms with Gasteiger partial charge < -0.3 is 14.2 Å². The maximum absolute atomic E-state index is 10.7. The zero-order chi connectivity index (χ0) is 10.6. The minimum atomic E-state index is -0.359. The molecule has 0 amide bonds. The van der Waals surface area contributed by atoms with Gasteiger partial charge in [-0.3, -0.25) is 9.59 Å². The molecule has 0 aliphatic carbocycles. The summed E-state index contributed by atoms with van der Waals surface area (Å²) in [6.07, 6.45) is 0.0561. The van der Waals surface area contributed by atoms with Gasteiger partial charge in [-0.05, 0) is 0 Å². The lowest BCUT2D eigenvalue weighted by molar-refractivity contribution is -0.154. The van der Waals surface area contributed by atoms with E-state index in [0.717, 1.165) is 0 Å². The van der Waals surface area contributed by atoms with Crippen molar-refractivity contribution in [1.82, 2.24) is 0 Å². The molecule has 5 nitrogen and oxygen atoms in total. The Morgan fingerprint density at radius 3 is 2.64 bits per heavy atom. The Kier molecular flexibility index (Phi) is 3.88. The highest BCUT2D eigenvalue weighted by Crippen LogP contribution is 2.17. The molecule has 1 heterocycles. The lowest BCUT2D eigenvalue weighted by Gasteiger charge is -2.17. The molecular weight excluding hydrogens is 188 g/mol. The van der Waals surface area contributed by atoms with Crippen molar-refractivity contribution in [3.63, 3.8) is 0 Å². The topological polar surface area (TPSA) is 61.8 Å². The van der Waals surface area contributed by atoms with Gasteiger partial charge in [-0.1, -0.05) is 0 Å². The molecule has 0 aromatic carbocycles. The zero-order valence-corrected chi connectivity index (χ0v) is 8.32. The Morgan fingerprint density at radius 1 is 1.36 bits per heavy atom. The van der Waals surface area contributed by atoms with Crippen molar-refractivity contribution in [1.29, 1.82) is 0 Å². The highest BCUT2D eigenvalue weighted by Gasteiger charge is 2.31. The van der Waals surface area contributed by atoms with Crippen LogP contribution in [0.5, 0.6) is 0 Å². The second kappa shape index (κ2) is 4.95. The van der Waals surface area contributed by atoms with Crippen LogP contribution in [0.1, 0.15) is 20.3 Å². The van der Waals surface area contributed by atoms with Gasteiger partial charge in [0.25, 0.3) is 0 Å². The van der Waals surface area contributed by atoms with Gasteiger partial charge in [0.2, 0.25) is 0 Å². The highest BCUT2D eigenvalue weighted by atomic mass is 16.6. The van der Waals surface area contributed by atoms with Crippen LogP contribution in [0.25, 0.3) is 0 Å². The van der Waals surface area contributed by atoms with E-state index in [9.17, 15) is 9.59 Å². The standard InChI is InChI=1S/C9H14O5/c1-6(10)13-5-9-8(3-4-12-9)14-7(2)11/h8-9H,3-5H2,1-2H3. The largest absolute Gasteiger partial charge is 0.463 e. The predicted octanol–water partition coefficient (Wildman–Crippen LogP) is 0.270. The minimum absolute atomic E-state index is 0.146. The lowest BCUT2D eigenvalue weighted by Crippen LogP contribution is -2.31. The van der Waals surface area contributed by atoms with Crippen molar-refractivity contribution in [3.05, 3.63) is 0 Å². The van der Waals surface area contributed by atoms with Crippen molar-refractivity contribution in [2.75, 3.05) is 13.2 Å². The van der Waals surface area contributed by atoms with Crippen LogP contribution < -0.4 is 0 Å². The summed E-state index contributed by atoms with van der Waals surface area (Å²) in [7, 11) is 0. The molecule has 0 bridgehead atoms. The predicted molar refractivity (Wildman–Crippen MR) is 46.5 cm³/mol. The van der Waals surface area contributed by atoms with Crippen molar-refractivity contribution in [2.24, 2.45) is 0 Å². The third kappa shape index (κ3) is 3.33. The van der Waals surface area contributed by atoms with Crippen LogP contribution in [-0.2, 0) is 23.8 Å². The Labute approximate surface area is 82.3 Å². The van der Waals surface area contributed by atoms with E-state index >= 15 is 0 Å². The summed E-state index contributed by atoms with van der Waals surface area (Å²) in [6, 6.07) is 0. The Morgan fingerprint density at radius 2 is 2.07 bits per heavy atom. The molecule has 5 heteroatoms. The molecule has 2 atom stereocenters. The number of carbonyl (C=O) groups is 2. The number of hydrogen-bond donors (Lipinski definition) is 0. The van der Waals surface area contributed by atoms with Crippen LogP contribution in [0.3, 0.4) is 0 Å². The van der Waals surface area contributed by atoms with Crippen molar-refractivity contribution in [2.45, 2.75) is 32.5 Å². The lowest BCUT2D eigenvalue weighted by atomic mass is 10.2. The van der Waals surface area contributed by atoms with Gasteiger partial charge in [0.05, 0.1) is 6.61 Å². The molecule has 80 valence electrons. The average Bonchev–Trinajstić information content (AvgIpc) is 2.47. The fraction of sp³-hybridized carbons (Fsp3) is 0.778. The summed E-state index contributed by atoms with van der Waals surface area (Å²) in [6.45, 7) is 3.36. The average molecular weight is 202 g/mol. The Bertz CT molecular complexity index is 225. The summed E-state index contributed by atoms with van der Waals surface area (Å²) in [5.74, 6) is -0.699. The Balaban J connectivity index is 2.35. The smallest absolute Gasteiger partial charge is 0.302 e. The number of esters is 2. The van der Waals surface area contributed by atoms with Crippen LogP contribution in [0.2, 0.25) is 0 Å². The van der Waals surface area contributed by atoms with E-state index in [2.05, 4.69) is 0 Å². The van der Waals surface area contributed by atoms with Gasteiger partial charge in [-0.15, -0.1) is 0 Å². The second-order valence-corrected chi connectivity index (χ2v) is 3.15. The number of carbonyl (C=O) groups excluding carboxylic acids is 2. The number of rotatable bonds is 3. The molecule has 1 fully saturated rings. The van der Waals surface area contributed by atoms with Crippen LogP contribution >= 0.6 is 0 Å². The molecular formula is C9H14O5. The van der Waals surface area contributed by atoms with Gasteiger partial charge in [-0.25, -0.2) is 0 Å². The van der Waals surface area contributed by atoms with E-state index in [1.807, 2.05) is 0 Å². The van der Waals surface area contributed by atoms with Crippen LogP contribution in [0.15, 0.2) is 0 Å². The molecule has 0 radical (unpaired) electrons. The molecule has 1 rings (SSSR count). The van der Waals surface area contributed by atoms with Crippen molar-refractivity contribution < 1.29 is 23.8 Å². The van der Waals surface area contributed by atoms with Crippen LogP contribution in [0, 0.1) is 0 Å². The Hall–Kier alpha value is -1.10. The summed E-state index contributed by atoms with van der Waals surface area (Å²) >= 11 is 0. The first kappa shape index (κ1) is 11.0. The van der Waals surface area contributed by atoms with E-state index in [1.165, 1.54) is 13.8 Å². The van der Waals surface area contributed by atoms with Crippen molar-refractivity contribution >= 4 is 11.9 Å². The zero-order valence-electron chi connectivity index (χ0n) is 8.32. The van der Waals surface area contributed by atoms with E-state index in [4.69, 9.17) is 14.2 Å². The molecule has 1 saturated heterocycles. The quantitative estimate of drug-likeness (QED) is 0.615. The van der Waals surface area contributed by atoms with Gasteiger partial charge >= 0.3 is 11.9 Å². The fourth-order valence-corrected chi connectivity index (χ4v) is 1.33.